The highest BCUT2D eigenvalue weighted by Gasteiger charge is 2.50. The minimum absolute atomic E-state index is 0.163. The van der Waals surface area contributed by atoms with Crippen LogP contribution in [0.4, 0.5) is 5.69 Å². The summed E-state index contributed by atoms with van der Waals surface area (Å²) >= 11 is 6.26. The molecule has 3 rings (SSSR count). The van der Waals surface area contributed by atoms with E-state index in [9.17, 15) is 18.0 Å². The summed E-state index contributed by atoms with van der Waals surface area (Å²) in [6, 6.07) is 12.8. The number of nitrogens with zero attached hydrogens (tertiary/aromatic N) is 2. The van der Waals surface area contributed by atoms with Crippen molar-refractivity contribution in [2.45, 2.75) is 32.9 Å². The summed E-state index contributed by atoms with van der Waals surface area (Å²) in [5.74, 6) is -0.941. The Morgan fingerprint density at radius 2 is 1.81 bits per heavy atom. The first kappa shape index (κ1) is 23.2. The van der Waals surface area contributed by atoms with Crippen LogP contribution in [0.15, 0.2) is 42.5 Å². The predicted octanol–water partition coefficient (Wildman–Crippen LogP) is 2.64. The number of rotatable bonds is 5. The van der Waals surface area contributed by atoms with E-state index in [4.69, 9.17) is 11.6 Å². The number of sulfonamides is 1. The summed E-state index contributed by atoms with van der Waals surface area (Å²) in [5, 5.41) is 3.32. The molecule has 166 valence electrons. The van der Waals surface area contributed by atoms with Gasteiger partial charge in [0.05, 0.1) is 12.8 Å². The van der Waals surface area contributed by atoms with E-state index in [0.29, 0.717) is 16.3 Å². The molecule has 1 atom stereocenters. The first-order valence-corrected chi connectivity index (χ1v) is 12.0. The van der Waals surface area contributed by atoms with E-state index in [1.807, 2.05) is 31.2 Å². The summed E-state index contributed by atoms with van der Waals surface area (Å²) in [6.07, 6.45) is 1.03. The van der Waals surface area contributed by atoms with E-state index in [2.05, 4.69) is 5.32 Å². The number of hydrogen-bond acceptors (Lipinski definition) is 4. The van der Waals surface area contributed by atoms with Crippen molar-refractivity contribution in [3.05, 3.63) is 64.2 Å². The molecule has 0 aromatic heterocycles. The minimum atomic E-state index is -3.68. The zero-order chi connectivity index (χ0) is 23.0. The van der Waals surface area contributed by atoms with Gasteiger partial charge in [-0.1, -0.05) is 47.5 Å². The highest BCUT2D eigenvalue weighted by molar-refractivity contribution is 7.88. The third kappa shape index (κ3) is 4.76. The second-order valence-corrected chi connectivity index (χ2v) is 10.5. The van der Waals surface area contributed by atoms with E-state index in [0.717, 1.165) is 21.7 Å². The maximum Gasteiger partial charge on any atom is 0.247 e. The van der Waals surface area contributed by atoms with Crippen molar-refractivity contribution < 1.29 is 18.0 Å². The summed E-state index contributed by atoms with van der Waals surface area (Å²) in [7, 11) is -3.68. The lowest BCUT2D eigenvalue weighted by molar-refractivity contribution is -0.133. The number of piperazine rings is 1. The average molecular weight is 464 g/mol. The summed E-state index contributed by atoms with van der Waals surface area (Å²) in [6.45, 7) is 5.06. The van der Waals surface area contributed by atoms with Crippen LogP contribution in [0.1, 0.15) is 23.6 Å². The van der Waals surface area contributed by atoms with E-state index < -0.39 is 27.4 Å². The molecular weight excluding hydrogens is 438 g/mol. The van der Waals surface area contributed by atoms with Gasteiger partial charge >= 0.3 is 0 Å². The largest absolute Gasteiger partial charge is 0.350 e. The molecule has 1 aliphatic rings. The third-order valence-electron chi connectivity index (χ3n) is 5.55. The fourth-order valence-corrected chi connectivity index (χ4v) is 4.69. The molecule has 0 radical (unpaired) electrons. The van der Waals surface area contributed by atoms with Gasteiger partial charge in [0.25, 0.3) is 0 Å². The number of benzene rings is 2. The first-order valence-electron chi connectivity index (χ1n) is 9.80. The van der Waals surface area contributed by atoms with Gasteiger partial charge in [0, 0.05) is 23.8 Å². The fraction of sp³-hybridized carbons (Fsp3) is 0.364. The van der Waals surface area contributed by atoms with Gasteiger partial charge < -0.3 is 5.32 Å². The smallest absolute Gasteiger partial charge is 0.247 e. The van der Waals surface area contributed by atoms with Gasteiger partial charge in [0.1, 0.15) is 5.54 Å². The van der Waals surface area contributed by atoms with Crippen LogP contribution in [0.25, 0.3) is 0 Å². The molecule has 1 fully saturated rings. The van der Waals surface area contributed by atoms with Gasteiger partial charge in [0.2, 0.25) is 21.8 Å². The maximum atomic E-state index is 13.4. The molecule has 2 aromatic carbocycles. The van der Waals surface area contributed by atoms with Gasteiger partial charge in [-0.15, -0.1) is 0 Å². The van der Waals surface area contributed by atoms with Gasteiger partial charge in [-0.2, -0.15) is 4.31 Å². The Balaban J connectivity index is 1.99. The highest BCUT2D eigenvalue weighted by Crippen LogP contribution is 2.35. The lowest BCUT2D eigenvalue weighted by atomic mass is 9.93. The van der Waals surface area contributed by atoms with Crippen molar-refractivity contribution in [3.8, 4) is 0 Å². The molecule has 1 aliphatic heterocycles. The van der Waals surface area contributed by atoms with E-state index >= 15 is 0 Å². The molecule has 1 unspecified atom stereocenters. The van der Waals surface area contributed by atoms with Crippen LogP contribution in [0.2, 0.25) is 5.02 Å². The molecule has 1 saturated heterocycles. The fourth-order valence-electron chi connectivity index (χ4n) is 3.69. The highest BCUT2D eigenvalue weighted by atomic mass is 35.5. The monoisotopic (exact) mass is 463 g/mol. The molecule has 0 saturated carbocycles. The average Bonchev–Trinajstić information content (AvgIpc) is 2.69. The van der Waals surface area contributed by atoms with Crippen LogP contribution in [-0.2, 0) is 26.2 Å². The normalized spacial score (nSPS) is 20.0. The molecule has 0 spiro atoms. The Kier molecular flexibility index (Phi) is 6.45. The van der Waals surface area contributed by atoms with E-state index in [1.165, 1.54) is 4.90 Å². The lowest BCUT2D eigenvalue weighted by Crippen LogP contribution is -2.70. The van der Waals surface area contributed by atoms with Crippen LogP contribution in [0.3, 0.4) is 0 Å². The second kappa shape index (κ2) is 8.61. The molecule has 1 N–H and O–H groups in total. The Hall–Kier alpha value is -2.42. The van der Waals surface area contributed by atoms with Crippen LogP contribution < -0.4 is 10.2 Å². The molecular formula is C22H26ClN3O4S. The Labute approximate surface area is 188 Å². The van der Waals surface area contributed by atoms with Gasteiger partial charge in [0.15, 0.2) is 0 Å². The number of aryl methyl sites for hydroxylation is 1. The minimum Gasteiger partial charge on any atom is -0.350 e. The molecule has 2 aromatic rings. The zero-order valence-corrected chi connectivity index (χ0v) is 19.5. The number of carbonyl (C=O) groups is 2. The van der Waals surface area contributed by atoms with Crippen LogP contribution in [0, 0.1) is 13.8 Å². The van der Waals surface area contributed by atoms with Crippen LogP contribution in [-0.4, -0.2) is 49.4 Å². The molecule has 7 nitrogen and oxygen atoms in total. The van der Waals surface area contributed by atoms with Gasteiger partial charge in [-0.05, 0) is 44.0 Å². The molecule has 2 amide bonds. The van der Waals surface area contributed by atoms with Crippen LogP contribution in [0.5, 0.6) is 0 Å². The Bertz CT molecular complexity index is 1120. The second-order valence-electron chi connectivity index (χ2n) is 8.09. The van der Waals surface area contributed by atoms with Crippen molar-refractivity contribution in [2.24, 2.45) is 0 Å². The van der Waals surface area contributed by atoms with Gasteiger partial charge in [-0.25, -0.2) is 8.42 Å². The summed E-state index contributed by atoms with van der Waals surface area (Å²) in [4.78, 5) is 27.9. The zero-order valence-electron chi connectivity index (χ0n) is 18.0. The number of hydrogen-bond donors (Lipinski definition) is 1. The van der Waals surface area contributed by atoms with E-state index in [1.54, 1.807) is 32.0 Å². The van der Waals surface area contributed by atoms with Crippen molar-refractivity contribution >= 4 is 39.1 Å². The maximum absolute atomic E-state index is 13.4. The van der Waals surface area contributed by atoms with Crippen LogP contribution >= 0.6 is 11.6 Å². The molecule has 31 heavy (non-hydrogen) atoms. The number of nitrogens with one attached hydrogen (secondary N) is 1. The van der Waals surface area contributed by atoms with E-state index in [-0.39, 0.29) is 19.6 Å². The molecule has 1 heterocycles. The molecule has 9 heteroatoms. The third-order valence-corrected chi connectivity index (χ3v) is 7.16. The van der Waals surface area contributed by atoms with Gasteiger partial charge in [-0.3, -0.25) is 14.5 Å². The lowest BCUT2D eigenvalue weighted by Gasteiger charge is -2.47. The van der Waals surface area contributed by atoms with Crippen molar-refractivity contribution in [1.29, 1.82) is 0 Å². The quantitative estimate of drug-likeness (QED) is 0.738. The standard InChI is InChI=1S/C22H26ClN3O4S/c1-15-8-10-17(11-9-15)12-24-21(28)22(3)14-25(31(4,29)30)13-20(27)26(22)19-7-5-6-18(23)16(19)2/h5-11H,12-14H2,1-4H3,(H,24,28). The Morgan fingerprint density at radius 1 is 1.16 bits per heavy atom. The van der Waals surface area contributed by atoms with Crippen molar-refractivity contribution in [3.63, 3.8) is 0 Å². The molecule has 0 bridgehead atoms. The number of carbonyl (C=O) groups excluding carboxylic acids is 2. The van der Waals surface area contributed by atoms with Crippen molar-refractivity contribution in [2.75, 3.05) is 24.2 Å². The number of amides is 2. The number of anilines is 1. The SMILES string of the molecule is Cc1ccc(CNC(=O)C2(C)CN(S(C)(=O)=O)CC(=O)N2c2cccc(Cl)c2C)cc1. The predicted molar refractivity (Wildman–Crippen MR) is 122 cm³/mol. The van der Waals surface area contributed by atoms with Crippen molar-refractivity contribution in [1.82, 2.24) is 9.62 Å². The molecule has 0 aliphatic carbocycles. The number of halogens is 1. The summed E-state index contributed by atoms with van der Waals surface area (Å²) in [5.41, 5.74) is 1.67. The first-order chi connectivity index (χ1) is 14.4. The Morgan fingerprint density at radius 3 is 2.42 bits per heavy atom. The summed E-state index contributed by atoms with van der Waals surface area (Å²) < 4.78 is 25.5. The topological polar surface area (TPSA) is 86.8 Å².